The average Bonchev–Trinajstić information content (AvgIpc) is 2.78. The molecule has 0 aliphatic carbocycles. The van der Waals surface area contributed by atoms with Gasteiger partial charge < -0.3 is 4.74 Å². The summed E-state index contributed by atoms with van der Waals surface area (Å²) in [6, 6.07) is 5.95. The number of ether oxygens (including phenoxy) is 1. The number of aromatic nitrogens is 2. The minimum atomic E-state index is 0.625. The first kappa shape index (κ1) is 14.9. The van der Waals surface area contributed by atoms with E-state index in [2.05, 4.69) is 23.1 Å². The van der Waals surface area contributed by atoms with E-state index in [1.54, 1.807) is 0 Å². The van der Waals surface area contributed by atoms with E-state index < -0.39 is 0 Å². The lowest BCUT2D eigenvalue weighted by Gasteiger charge is -2.16. The first-order valence-corrected chi connectivity index (χ1v) is 7.03. The Balaban J connectivity index is 1.97. The normalized spacial score (nSPS) is 11.1. The predicted octanol–water partition coefficient (Wildman–Crippen LogP) is 3.10. The lowest BCUT2D eigenvalue weighted by molar-refractivity contribution is 0.318. The van der Waals surface area contributed by atoms with Gasteiger partial charge in [-0.1, -0.05) is 17.7 Å². The SMILES string of the molecule is CCOc1ccc(CN(C)Cc2cnn(C)c2)cc1Cl. The molecule has 2 aromatic rings. The number of rotatable bonds is 6. The topological polar surface area (TPSA) is 30.3 Å². The molecule has 20 heavy (non-hydrogen) atoms. The van der Waals surface area contributed by atoms with Gasteiger partial charge in [0.05, 0.1) is 17.8 Å². The summed E-state index contributed by atoms with van der Waals surface area (Å²) < 4.78 is 7.25. The van der Waals surface area contributed by atoms with Crippen molar-refractivity contribution in [1.29, 1.82) is 0 Å². The molecule has 0 aliphatic rings. The molecule has 0 unspecified atom stereocenters. The molecule has 1 heterocycles. The summed E-state index contributed by atoms with van der Waals surface area (Å²) in [7, 11) is 4.01. The van der Waals surface area contributed by atoms with Crippen molar-refractivity contribution >= 4 is 11.6 Å². The van der Waals surface area contributed by atoms with Gasteiger partial charge in [-0.05, 0) is 31.7 Å². The fraction of sp³-hybridized carbons (Fsp3) is 0.400. The van der Waals surface area contributed by atoms with Crippen LogP contribution >= 0.6 is 11.6 Å². The molecular formula is C15H20ClN3O. The van der Waals surface area contributed by atoms with E-state index in [9.17, 15) is 0 Å². The second-order valence-corrected chi connectivity index (χ2v) is 5.30. The molecular weight excluding hydrogens is 274 g/mol. The molecule has 0 saturated carbocycles. The number of aryl methyl sites for hydroxylation is 1. The highest BCUT2D eigenvalue weighted by Gasteiger charge is 2.06. The van der Waals surface area contributed by atoms with Crippen molar-refractivity contribution in [2.75, 3.05) is 13.7 Å². The highest BCUT2D eigenvalue weighted by molar-refractivity contribution is 6.32. The minimum absolute atomic E-state index is 0.625. The van der Waals surface area contributed by atoms with Gasteiger partial charge in [0.25, 0.3) is 0 Å². The third-order valence-corrected chi connectivity index (χ3v) is 3.25. The van der Waals surface area contributed by atoms with Crippen molar-refractivity contribution in [3.63, 3.8) is 0 Å². The van der Waals surface area contributed by atoms with E-state index in [1.165, 1.54) is 11.1 Å². The Hall–Kier alpha value is -1.52. The average molecular weight is 294 g/mol. The summed E-state index contributed by atoms with van der Waals surface area (Å²) in [6.07, 6.45) is 3.92. The minimum Gasteiger partial charge on any atom is -0.492 e. The summed E-state index contributed by atoms with van der Waals surface area (Å²) in [5, 5.41) is 4.84. The van der Waals surface area contributed by atoms with Crippen LogP contribution in [0.25, 0.3) is 0 Å². The van der Waals surface area contributed by atoms with Gasteiger partial charge in [-0.15, -0.1) is 0 Å². The number of hydrogen-bond donors (Lipinski definition) is 0. The first-order chi connectivity index (χ1) is 9.58. The largest absolute Gasteiger partial charge is 0.492 e. The molecule has 4 nitrogen and oxygen atoms in total. The van der Waals surface area contributed by atoms with E-state index in [0.29, 0.717) is 11.6 Å². The van der Waals surface area contributed by atoms with Crippen LogP contribution in [0.1, 0.15) is 18.1 Å². The molecule has 5 heteroatoms. The predicted molar refractivity (Wildman–Crippen MR) is 81.0 cm³/mol. The smallest absolute Gasteiger partial charge is 0.137 e. The van der Waals surface area contributed by atoms with Crippen molar-refractivity contribution in [2.24, 2.45) is 7.05 Å². The summed E-state index contributed by atoms with van der Waals surface area (Å²) in [5.74, 6) is 0.743. The maximum Gasteiger partial charge on any atom is 0.137 e. The molecule has 0 fully saturated rings. The van der Waals surface area contributed by atoms with Crippen LogP contribution in [0.4, 0.5) is 0 Å². The Morgan fingerprint density at radius 1 is 1.30 bits per heavy atom. The van der Waals surface area contributed by atoms with Crippen LogP contribution in [0.5, 0.6) is 5.75 Å². The second kappa shape index (κ2) is 6.77. The van der Waals surface area contributed by atoms with E-state index >= 15 is 0 Å². The van der Waals surface area contributed by atoms with Gasteiger partial charge >= 0.3 is 0 Å². The Morgan fingerprint density at radius 2 is 2.05 bits per heavy atom. The van der Waals surface area contributed by atoms with Crippen LogP contribution in [0.3, 0.4) is 0 Å². The molecule has 0 saturated heterocycles. The van der Waals surface area contributed by atoms with E-state index in [0.717, 1.165) is 18.8 Å². The van der Waals surface area contributed by atoms with Crippen LogP contribution in [0, 0.1) is 0 Å². The zero-order valence-electron chi connectivity index (χ0n) is 12.1. The fourth-order valence-corrected chi connectivity index (χ4v) is 2.41. The molecule has 0 aliphatic heterocycles. The third kappa shape index (κ3) is 3.99. The number of hydrogen-bond acceptors (Lipinski definition) is 3. The van der Waals surface area contributed by atoms with Crippen molar-refractivity contribution in [2.45, 2.75) is 20.0 Å². The van der Waals surface area contributed by atoms with Crippen molar-refractivity contribution in [3.8, 4) is 5.75 Å². The van der Waals surface area contributed by atoms with E-state index in [1.807, 2.05) is 43.2 Å². The Kier molecular flexibility index (Phi) is 5.04. The third-order valence-electron chi connectivity index (χ3n) is 2.96. The van der Waals surface area contributed by atoms with Gasteiger partial charge in [-0.3, -0.25) is 9.58 Å². The Bertz CT molecular complexity index is 568. The van der Waals surface area contributed by atoms with E-state index in [-0.39, 0.29) is 0 Å². The van der Waals surface area contributed by atoms with Crippen LogP contribution in [-0.2, 0) is 20.1 Å². The van der Waals surface area contributed by atoms with Gasteiger partial charge in [0.1, 0.15) is 5.75 Å². The summed E-state index contributed by atoms with van der Waals surface area (Å²) in [4.78, 5) is 2.23. The van der Waals surface area contributed by atoms with E-state index in [4.69, 9.17) is 16.3 Å². The molecule has 2 rings (SSSR count). The summed E-state index contributed by atoms with van der Waals surface area (Å²) in [5.41, 5.74) is 2.37. The zero-order valence-corrected chi connectivity index (χ0v) is 12.9. The number of benzene rings is 1. The Labute approximate surface area is 124 Å². The lowest BCUT2D eigenvalue weighted by Crippen LogP contribution is -2.16. The molecule has 1 aromatic heterocycles. The van der Waals surface area contributed by atoms with Gasteiger partial charge in [-0.25, -0.2) is 0 Å². The van der Waals surface area contributed by atoms with Gasteiger partial charge in [0.15, 0.2) is 0 Å². The van der Waals surface area contributed by atoms with Gasteiger partial charge in [-0.2, -0.15) is 5.10 Å². The fourth-order valence-electron chi connectivity index (χ4n) is 2.15. The maximum absolute atomic E-state index is 6.20. The van der Waals surface area contributed by atoms with Gasteiger partial charge in [0.2, 0.25) is 0 Å². The number of halogens is 1. The van der Waals surface area contributed by atoms with Crippen LogP contribution in [0.2, 0.25) is 5.02 Å². The maximum atomic E-state index is 6.20. The molecule has 0 atom stereocenters. The molecule has 0 spiro atoms. The summed E-state index contributed by atoms with van der Waals surface area (Å²) >= 11 is 6.20. The quantitative estimate of drug-likeness (QED) is 0.820. The van der Waals surface area contributed by atoms with Crippen molar-refractivity contribution < 1.29 is 4.74 Å². The van der Waals surface area contributed by atoms with Gasteiger partial charge in [0, 0.05) is 31.9 Å². The van der Waals surface area contributed by atoms with Crippen molar-refractivity contribution in [3.05, 3.63) is 46.7 Å². The molecule has 1 aromatic carbocycles. The standard InChI is InChI=1S/C15H20ClN3O/c1-4-20-15-6-5-12(7-14(15)16)9-18(2)10-13-8-17-19(3)11-13/h5-8,11H,4,9-10H2,1-3H3. The lowest BCUT2D eigenvalue weighted by atomic mass is 10.2. The zero-order chi connectivity index (χ0) is 14.5. The highest BCUT2D eigenvalue weighted by Crippen LogP contribution is 2.26. The van der Waals surface area contributed by atoms with Crippen LogP contribution < -0.4 is 4.74 Å². The van der Waals surface area contributed by atoms with Crippen LogP contribution in [0.15, 0.2) is 30.6 Å². The molecule has 0 bridgehead atoms. The molecule has 0 amide bonds. The molecule has 0 N–H and O–H groups in total. The first-order valence-electron chi connectivity index (χ1n) is 6.65. The van der Waals surface area contributed by atoms with Crippen molar-refractivity contribution in [1.82, 2.24) is 14.7 Å². The monoisotopic (exact) mass is 293 g/mol. The number of nitrogens with zero attached hydrogens (tertiary/aromatic N) is 3. The highest BCUT2D eigenvalue weighted by atomic mass is 35.5. The molecule has 0 radical (unpaired) electrons. The Morgan fingerprint density at radius 3 is 2.65 bits per heavy atom. The molecule has 108 valence electrons. The summed E-state index contributed by atoms with van der Waals surface area (Å²) in [6.45, 7) is 4.27. The second-order valence-electron chi connectivity index (χ2n) is 4.89. The van der Waals surface area contributed by atoms with Crippen LogP contribution in [-0.4, -0.2) is 28.3 Å².